The number of carbonyl (C=O) groups excluding carboxylic acids is 1. The van der Waals surface area contributed by atoms with Gasteiger partial charge in [0.05, 0.1) is 5.56 Å². The van der Waals surface area contributed by atoms with E-state index in [0.29, 0.717) is 22.2 Å². The molecule has 0 atom stereocenters. The average Bonchev–Trinajstić information content (AvgIpc) is 2.74. The van der Waals surface area contributed by atoms with Gasteiger partial charge in [-0.25, -0.2) is 9.97 Å². The highest BCUT2D eigenvalue weighted by Crippen LogP contribution is 2.35. The second kappa shape index (κ2) is 9.75. The summed E-state index contributed by atoms with van der Waals surface area (Å²) in [6, 6.07) is 15.4. The Morgan fingerprint density at radius 3 is 2.45 bits per heavy atom. The Bertz CT molecular complexity index is 1210. The highest BCUT2D eigenvalue weighted by molar-refractivity contribution is 7.99. The van der Waals surface area contributed by atoms with Crippen LogP contribution in [0, 0.1) is 36.5 Å². The minimum atomic E-state index is -0.190. The molecule has 0 radical (unpaired) electrons. The summed E-state index contributed by atoms with van der Waals surface area (Å²) in [7, 11) is 0. The summed E-state index contributed by atoms with van der Waals surface area (Å²) in [5, 5.41) is 22.6. The summed E-state index contributed by atoms with van der Waals surface area (Å²) in [5.74, 6) is 0.755. The van der Waals surface area contributed by atoms with Crippen LogP contribution in [0.2, 0.25) is 0 Å². The lowest BCUT2D eigenvalue weighted by atomic mass is 9.96. The molecule has 8 heteroatoms. The fourth-order valence-electron chi connectivity index (χ4n) is 2.96. The molecule has 3 N–H and O–H groups in total. The van der Waals surface area contributed by atoms with Crippen LogP contribution in [-0.2, 0) is 4.79 Å². The zero-order valence-corrected chi connectivity index (χ0v) is 18.0. The van der Waals surface area contributed by atoms with Crippen LogP contribution in [0.5, 0.6) is 0 Å². The van der Waals surface area contributed by atoms with E-state index in [2.05, 4.69) is 27.4 Å². The molecule has 3 aromatic rings. The van der Waals surface area contributed by atoms with Gasteiger partial charge in [0.15, 0.2) is 0 Å². The van der Waals surface area contributed by atoms with Gasteiger partial charge in [0, 0.05) is 23.9 Å². The molecule has 0 saturated carbocycles. The molecule has 0 aliphatic rings. The van der Waals surface area contributed by atoms with Crippen molar-refractivity contribution < 1.29 is 4.79 Å². The third-order valence-electron chi connectivity index (χ3n) is 4.51. The van der Waals surface area contributed by atoms with Crippen LogP contribution in [0.4, 0.5) is 11.6 Å². The van der Waals surface area contributed by atoms with Crippen LogP contribution in [0.15, 0.2) is 47.6 Å². The van der Waals surface area contributed by atoms with Gasteiger partial charge in [0.25, 0.3) is 0 Å². The molecule has 31 heavy (non-hydrogen) atoms. The van der Waals surface area contributed by atoms with Crippen molar-refractivity contribution in [2.75, 3.05) is 16.8 Å². The topological polar surface area (TPSA) is 128 Å². The van der Waals surface area contributed by atoms with E-state index in [9.17, 15) is 15.3 Å². The average molecular weight is 429 g/mol. The van der Waals surface area contributed by atoms with Crippen LogP contribution in [0.3, 0.4) is 0 Å². The third-order valence-corrected chi connectivity index (χ3v) is 5.48. The molecule has 2 aromatic heterocycles. The number of benzene rings is 1. The summed E-state index contributed by atoms with van der Waals surface area (Å²) in [6.07, 6.45) is 1.83. The van der Waals surface area contributed by atoms with E-state index in [0.717, 1.165) is 16.7 Å². The quantitative estimate of drug-likeness (QED) is 0.563. The van der Waals surface area contributed by atoms with Crippen molar-refractivity contribution in [3.05, 3.63) is 64.8 Å². The number of anilines is 2. The standard InChI is InChI=1S/C23H20N6OS/c1-14-3-5-16(6-4-14)21-17(12-24)22(26)29-23(18(21)13-25)31-10-8-20(30)28-19-11-15(2)7-9-27-19/h3-7,9,11H,8,10H2,1-2H3,(H2,26,29)(H,27,28,30). The molecule has 3 rings (SSSR count). The van der Waals surface area contributed by atoms with Crippen molar-refractivity contribution in [3.63, 3.8) is 0 Å². The van der Waals surface area contributed by atoms with Crippen LogP contribution >= 0.6 is 11.8 Å². The van der Waals surface area contributed by atoms with Gasteiger partial charge < -0.3 is 11.1 Å². The molecule has 2 heterocycles. The summed E-state index contributed by atoms with van der Waals surface area (Å²) in [4.78, 5) is 20.6. The number of aromatic nitrogens is 2. The Labute approximate surface area is 184 Å². The second-order valence-corrected chi connectivity index (χ2v) is 7.97. The maximum atomic E-state index is 12.2. The van der Waals surface area contributed by atoms with E-state index >= 15 is 0 Å². The molecule has 7 nitrogen and oxygen atoms in total. The van der Waals surface area contributed by atoms with E-state index in [4.69, 9.17) is 5.73 Å². The normalized spacial score (nSPS) is 10.2. The molecule has 0 spiro atoms. The van der Waals surface area contributed by atoms with Gasteiger partial charge in [-0.1, -0.05) is 29.8 Å². The van der Waals surface area contributed by atoms with Crippen molar-refractivity contribution in [1.29, 1.82) is 10.5 Å². The molecule has 0 aliphatic carbocycles. The first-order valence-corrected chi connectivity index (χ1v) is 10.5. The monoisotopic (exact) mass is 428 g/mol. The van der Waals surface area contributed by atoms with Crippen molar-refractivity contribution in [3.8, 4) is 23.3 Å². The maximum Gasteiger partial charge on any atom is 0.226 e. The predicted molar refractivity (Wildman–Crippen MR) is 121 cm³/mol. The molecule has 0 saturated heterocycles. The summed E-state index contributed by atoms with van der Waals surface area (Å²) in [6.45, 7) is 3.88. The Kier molecular flexibility index (Phi) is 6.86. The molecular weight excluding hydrogens is 408 g/mol. The Morgan fingerprint density at radius 2 is 1.81 bits per heavy atom. The Morgan fingerprint density at radius 1 is 1.10 bits per heavy atom. The van der Waals surface area contributed by atoms with Gasteiger partial charge in [0.2, 0.25) is 5.91 Å². The van der Waals surface area contributed by atoms with Crippen molar-refractivity contribution in [2.45, 2.75) is 25.3 Å². The number of amides is 1. The predicted octanol–water partition coefficient (Wildman–Crippen LogP) is 4.21. The van der Waals surface area contributed by atoms with E-state index in [1.807, 2.05) is 44.2 Å². The number of hydrogen-bond donors (Lipinski definition) is 2. The van der Waals surface area contributed by atoms with Crippen LogP contribution < -0.4 is 11.1 Å². The number of nitrogens with zero attached hydrogens (tertiary/aromatic N) is 4. The molecule has 0 aliphatic heterocycles. The van der Waals surface area contributed by atoms with Gasteiger partial charge in [0.1, 0.15) is 34.4 Å². The summed E-state index contributed by atoms with van der Waals surface area (Å²) in [5.41, 5.74) is 9.73. The zero-order valence-electron chi connectivity index (χ0n) is 17.1. The first-order valence-electron chi connectivity index (χ1n) is 9.49. The van der Waals surface area contributed by atoms with E-state index in [1.165, 1.54) is 11.8 Å². The number of rotatable bonds is 6. The Hall–Kier alpha value is -3.88. The Balaban J connectivity index is 1.81. The minimum absolute atomic E-state index is 0.0630. The molecule has 0 unspecified atom stereocenters. The largest absolute Gasteiger partial charge is 0.383 e. The lowest BCUT2D eigenvalue weighted by Crippen LogP contribution is -2.13. The number of aryl methyl sites for hydroxylation is 2. The molecule has 1 aromatic carbocycles. The number of nitrogens with one attached hydrogen (secondary N) is 1. The highest BCUT2D eigenvalue weighted by Gasteiger charge is 2.20. The zero-order chi connectivity index (χ0) is 22.4. The second-order valence-electron chi connectivity index (χ2n) is 6.88. The third kappa shape index (κ3) is 5.19. The van der Waals surface area contributed by atoms with Crippen molar-refractivity contribution >= 4 is 29.3 Å². The molecule has 0 fully saturated rings. The summed E-state index contributed by atoms with van der Waals surface area (Å²) >= 11 is 1.25. The molecule has 1 amide bonds. The number of nitriles is 2. The van der Waals surface area contributed by atoms with E-state index in [1.54, 1.807) is 12.3 Å². The van der Waals surface area contributed by atoms with Gasteiger partial charge in [-0.2, -0.15) is 10.5 Å². The number of thioether (sulfide) groups is 1. The smallest absolute Gasteiger partial charge is 0.226 e. The van der Waals surface area contributed by atoms with Crippen molar-refractivity contribution in [1.82, 2.24) is 9.97 Å². The number of nitrogen functional groups attached to an aromatic ring is 1. The number of carbonyl (C=O) groups is 1. The fourth-order valence-corrected chi connectivity index (χ4v) is 3.90. The fraction of sp³-hybridized carbons (Fsp3) is 0.174. The van der Waals surface area contributed by atoms with Crippen LogP contribution in [0.25, 0.3) is 11.1 Å². The molecule has 154 valence electrons. The number of hydrogen-bond acceptors (Lipinski definition) is 7. The lowest BCUT2D eigenvalue weighted by molar-refractivity contribution is -0.115. The molecular formula is C23H20N6OS. The SMILES string of the molecule is Cc1ccc(-c2c(C#N)c(N)nc(SCCC(=O)Nc3cc(C)ccn3)c2C#N)cc1. The first-order chi connectivity index (χ1) is 14.9. The minimum Gasteiger partial charge on any atom is -0.383 e. The van der Waals surface area contributed by atoms with Crippen LogP contribution in [-0.4, -0.2) is 21.6 Å². The van der Waals surface area contributed by atoms with Crippen LogP contribution in [0.1, 0.15) is 28.7 Å². The van der Waals surface area contributed by atoms with Gasteiger partial charge >= 0.3 is 0 Å². The van der Waals surface area contributed by atoms with E-state index < -0.39 is 0 Å². The molecule has 0 bridgehead atoms. The van der Waals surface area contributed by atoms with Gasteiger partial charge in [-0.3, -0.25) is 4.79 Å². The van der Waals surface area contributed by atoms with Gasteiger partial charge in [-0.05, 0) is 37.1 Å². The highest BCUT2D eigenvalue weighted by atomic mass is 32.2. The summed E-state index contributed by atoms with van der Waals surface area (Å²) < 4.78 is 0. The maximum absolute atomic E-state index is 12.2. The lowest BCUT2D eigenvalue weighted by Gasteiger charge is -2.13. The van der Waals surface area contributed by atoms with Gasteiger partial charge in [-0.15, -0.1) is 11.8 Å². The first kappa shape index (κ1) is 21.8. The number of nitrogens with two attached hydrogens (primary N) is 1. The van der Waals surface area contributed by atoms with Crippen molar-refractivity contribution in [2.24, 2.45) is 0 Å². The van der Waals surface area contributed by atoms with E-state index in [-0.39, 0.29) is 29.3 Å². The number of pyridine rings is 2.